The molecule has 0 saturated carbocycles. The minimum atomic E-state index is -0.432. The molecule has 4 heteroatoms. The molecule has 0 aromatic carbocycles. The summed E-state index contributed by atoms with van der Waals surface area (Å²) in [6.07, 6.45) is 1.69. The summed E-state index contributed by atoms with van der Waals surface area (Å²) in [7, 11) is 0. The summed E-state index contributed by atoms with van der Waals surface area (Å²) >= 11 is 0. The Morgan fingerprint density at radius 3 is 3.09 bits per heavy atom. The summed E-state index contributed by atoms with van der Waals surface area (Å²) < 4.78 is 4.71. The van der Waals surface area contributed by atoms with Gasteiger partial charge in [0.1, 0.15) is 0 Å². The highest BCUT2D eigenvalue weighted by molar-refractivity contribution is 6.43. The van der Waals surface area contributed by atoms with Crippen LogP contribution >= 0.6 is 0 Å². The van der Waals surface area contributed by atoms with Crippen LogP contribution in [-0.2, 0) is 9.53 Å². The third kappa shape index (κ3) is 1.58. The molecular formula is C7H10N2O2. The Hall–Kier alpha value is -1.32. The van der Waals surface area contributed by atoms with Gasteiger partial charge in [0.05, 0.1) is 18.8 Å². The molecule has 1 heterocycles. The zero-order chi connectivity index (χ0) is 8.27. The molecule has 1 aliphatic rings. The quantitative estimate of drug-likeness (QED) is 0.562. The predicted octanol–water partition coefficient (Wildman–Crippen LogP) is -0.153. The van der Waals surface area contributed by atoms with Gasteiger partial charge >= 0.3 is 5.97 Å². The number of nitrogens with two attached hydrogens (primary N) is 1. The molecule has 4 nitrogen and oxygen atoms in total. The summed E-state index contributed by atoms with van der Waals surface area (Å²) in [6.45, 7) is 2.58. The van der Waals surface area contributed by atoms with Crippen LogP contribution in [0, 0.1) is 0 Å². The molecule has 1 rings (SSSR count). The molecule has 0 aromatic rings. The highest BCUT2D eigenvalue weighted by Gasteiger charge is 2.17. The number of ether oxygens (including phenoxy) is 1. The van der Waals surface area contributed by atoms with Crippen LogP contribution in [0.2, 0.25) is 0 Å². The average Bonchev–Trinajstić information content (AvgIpc) is 2.36. The molecule has 60 valence electrons. The molecule has 0 fully saturated rings. The number of hydrogen-bond acceptors (Lipinski definition) is 4. The molecule has 0 bridgehead atoms. The van der Waals surface area contributed by atoms with Gasteiger partial charge in [-0.1, -0.05) is 0 Å². The molecule has 0 aliphatic carbocycles. The molecule has 0 aromatic heterocycles. The number of aliphatic imine (C=N–C) groups is 1. The average molecular weight is 154 g/mol. The van der Waals surface area contributed by atoms with E-state index in [0.717, 1.165) is 0 Å². The molecule has 11 heavy (non-hydrogen) atoms. The van der Waals surface area contributed by atoms with E-state index in [2.05, 4.69) is 4.99 Å². The van der Waals surface area contributed by atoms with Gasteiger partial charge in [-0.05, 0) is 13.0 Å². The number of esters is 1. The number of nitrogens with zero attached hydrogens (tertiary/aromatic N) is 1. The second kappa shape index (κ2) is 3.18. The molecule has 0 atom stereocenters. The van der Waals surface area contributed by atoms with Crippen molar-refractivity contribution < 1.29 is 9.53 Å². The second-order valence-corrected chi connectivity index (χ2v) is 2.07. The lowest BCUT2D eigenvalue weighted by atomic mass is 10.3. The first-order chi connectivity index (χ1) is 5.25. The standard InChI is InChI=1S/C7H10N2O2/c1-2-11-7(10)6-5(8)3-4-9-6/h3H,2,4,8H2,1H3. The van der Waals surface area contributed by atoms with Crippen molar-refractivity contribution in [3.63, 3.8) is 0 Å². The van der Waals surface area contributed by atoms with E-state index < -0.39 is 5.97 Å². The number of hydrogen-bond donors (Lipinski definition) is 1. The van der Waals surface area contributed by atoms with Crippen LogP contribution < -0.4 is 5.73 Å². The fraction of sp³-hybridized carbons (Fsp3) is 0.429. The molecule has 2 N–H and O–H groups in total. The van der Waals surface area contributed by atoms with Gasteiger partial charge in [0.25, 0.3) is 0 Å². The van der Waals surface area contributed by atoms with Gasteiger partial charge in [0.15, 0.2) is 5.71 Å². The second-order valence-electron chi connectivity index (χ2n) is 2.07. The first-order valence-electron chi connectivity index (χ1n) is 3.43. The van der Waals surface area contributed by atoms with Gasteiger partial charge < -0.3 is 10.5 Å². The summed E-state index contributed by atoms with van der Waals surface area (Å²) in [5, 5.41) is 0. The van der Waals surface area contributed by atoms with E-state index in [9.17, 15) is 4.79 Å². The number of carbonyl (C=O) groups is 1. The van der Waals surface area contributed by atoms with E-state index in [0.29, 0.717) is 18.8 Å². The van der Waals surface area contributed by atoms with Crippen LogP contribution in [0.3, 0.4) is 0 Å². The van der Waals surface area contributed by atoms with E-state index in [1.54, 1.807) is 13.0 Å². The minimum Gasteiger partial charge on any atom is -0.461 e. The van der Waals surface area contributed by atoms with Crippen molar-refractivity contribution in [3.8, 4) is 0 Å². The molecule has 1 aliphatic heterocycles. The Morgan fingerprint density at radius 2 is 2.64 bits per heavy atom. The Labute approximate surface area is 64.7 Å². The Bertz CT molecular complexity index is 231. The Kier molecular flexibility index (Phi) is 2.25. The van der Waals surface area contributed by atoms with Gasteiger partial charge in [-0.3, -0.25) is 4.99 Å². The lowest BCUT2D eigenvalue weighted by molar-refractivity contribution is -0.134. The lowest BCUT2D eigenvalue weighted by Crippen LogP contribution is -2.21. The lowest BCUT2D eigenvalue weighted by Gasteiger charge is -2.00. The molecular weight excluding hydrogens is 144 g/mol. The molecule has 0 amide bonds. The third-order valence-electron chi connectivity index (χ3n) is 1.30. The van der Waals surface area contributed by atoms with Crippen molar-refractivity contribution in [2.45, 2.75) is 6.92 Å². The fourth-order valence-electron chi connectivity index (χ4n) is 0.805. The van der Waals surface area contributed by atoms with Crippen molar-refractivity contribution in [1.82, 2.24) is 0 Å². The molecule has 0 spiro atoms. The highest BCUT2D eigenvalue weighted by Crippen LogP contribution is 2.01. The maximum atomic E-state index is 11.0. The van der Waals surface area contributed by atoms with Crippen LogP contribution in [0.25, 0.3) is 0 Å². The fourth-order valence-corrected chi connectivity index (χ4v) is 0.805. The number of carbonyl (C=O) groups excluding carboxylic acids is 1. The smallest absolute Gasteiger partial charge is 0.358 e. The van der Waals surface area contributed by atoms with Crippen molar-refractivity contribution in [2.75, 3.05) is 13.2 Å². The van der Waals surface area contributed by atoms with Crippen molar-refractivity contribution >= 4 is 11.7 Å². The largest absolute Gasteiger partial charge is 0.461 e. The summed E-state index contributed by atoms with van der Waals surface area (Å²) in [5.41, 5.74) is 6.12. The van der Waals surface area contributed by atoms with Gasteiger partial charge in [-0.25, -0.2) is 4.79 Å². The first kappa shape index (κ1) is 7.78. The third-order valence-corrected chi connectivity index (χ3v) is 1.30. The van der Waals surface area contributed by atoms with Crippen LogP contribution in [0.1, 0.15) is 6.92 Å². The number of rotatable bonds is 2. The summed E-state index contributed by atoms with van der Waals surface area (Å²) in [5.74, 6) is -0.432. The normalized spacial score (nSPS) is 15.7. The van der Waals surface area contributed by atoms with E-state index in [-0.39, 0.29) is 5.71 Å². The van der Waals surface area contributed by atoms with E-state index in [1.165, 1.54) is 0 Å². The minimum absolute atomic E-state index is 0.256. The maximum absolute atomic E-state index is 11.0. The van der Waals surface area contributed by atoms with Crippen LogP contribution in [-0.4, -0.2) is 24.8 Å². The highest BCUT2D eigenvalue weighted by atomic mass is 16.5. The SMILES string of the molecule is CCOC(=O)C1=NCC=C1N. The zero-order valence-electron chi connectivity index (χ0n) is 6.33. The Morgan fingerprint density at radius 1 is 1.91 bits per heavy atom. The van der Waals surface area contributed by atoms with Gasteiger partial charge in [0, 0.05) is 0 Å². The molecule has 0 radical (unpaired) electrons. The molecule has 0 saturated heterocycles. The van der Waals surface area contributed by atoms with Crippen LogP contribution in [0.15, 0.2) is 16.8 Å². The first-order valence-corrected chi connectivity index (χ1v) is 3.43. The maximum Gasteiger partial charge on any atom is 0.358 e. The van der Waals surface area contributed by atoms with Crippen LogP contribution in [0.5, 0.6) is 0 Å². The van der Waals surface area contributed by atoms with Gasteiger partial charge in [-0.15, -0.1) is 0 Å². The van der Waals surface area contributed by atoms with E-state index in [1.807, 2.05) is 0 Å². The Balaban J connectivity index is 2.61. The van der Waals surface area contributed by atoms with Crippen molar-refractivity contribution in [1.29, 1.82) is 0 Å². The van der Waals surface area contributed by atoms with E-state index in [4.69, 9.17) is 10.5 Å². The summed E-state index contributed by atoms with van der Waals surface area (Å²) in [4.78, 5) is 14.8. The van der Waals surface area contributed by atoms with Gasteiger partial charge in [-0.2, -0.15) is 0 Å². The van der Waals surface area contributed by atoms with Crippen LogP contribution in [0.4, 0.5) is 0 Å². The van der Waals surface area contributed by atoms with Crippen molar-refractivity contribution in [2.24, 2.45) is 10.7 Å². The van der Waals surface area contributed by atoms with Gasteiger partial charge in [0.2, 0.25) is 0 Å². The summed E-state index contributed by atoms with van der Waals surface area (Å²) in [6, 6.07) is 0. The van der Waals surface area contributed by atoms with E-state index >= 15 is 0 Å². The predicted molar refractivity (Wildman–Crippen MR) is 41.2 cm³/mol. The molecule has 0 unspecified atom stereocenters. The monoisotopic (exact) mass is 154 g/mol. The zero-order valence-corrected chi connectivity index (χ0v) is 6.33. The van der Waals surface area contributed by atoms with Crippen molar-refractivity contribution in [3.05, 3.63) is 11.8 Å². The topological polar surface area (TPSA) is 64.7 Å².